The van der Waals surface area contributed by atoms with Gasteiger partial charge in [0.15, 0.2) is 0 Å². The van der Waals surface area contributed by atoms with Gasteiger partial charge in [-0.1, -0.05) is 124 Å². The van der Waals surface area contributed by atoms with Gasteiger partial charge >= 0.3 is 0 Å². The quantitative estimate of drug-likeness (QED) is 0.215. The van der Waals surface area contributed by atoms with Crippen LogP contribution >= 0.6 is 0 Å². The normalized spacial score (nSPS) is 13.3. The third kappa shape index (κ3) is 6.77. The van der Waals surface area contributed by atoms with Crippen LogP contribution in [0.1, 0.15) is 39.2 Å². The first-order valence-electron chi connectivity index (χ1n) is 12.2. The summed E-state index contributed by atoms with van der Waals surface area (Å²) in [6, 6.07) is 31.7. The number of ether oxygens (including phenoxy) is 1. The van der Waals surface area contributed by atoms with Crippen molar-refractivity contribution in [3.63, 3.8) is 0 Å². The lowest BCUT2D eigenvalue weighted by Gasteiger charge is -2.43. The lowest BCUT2D eigenvalue weighted by Crippen LogP contribution is -2.66. The number of aliphatic hydroxyl groups excluding tert-OH is 1. The van der Waals surface area contributed by atoms with Gasteiger partial charge in [-0.25, -0.2) is 0 Å². The molecule has 0 aromatic heterocycles. The maximum Gasteiger partial charge on any atom is 0.261 e. The summed E-state index contributed by atoms with van der Waals surface area (Å²) < 4.78 is 13.2. The third-order valence-electron chi connectivity index (χ3n) is 6.13. The molecule has 3 nitrogen and oxygen atoms in total. The van der Waals surface area contributed by atoms with E-state index in [1.54, 1.807) is 6.08 Å². The lowest BCUT2D eigenvalue weighted by atomic mass is 10.2. The van der Waals surface area contributed by atoms with E-state index < -0.39 is 8.32 Å². The van der Waals surface area contributed by atoms with Gasteiger partial charge < -0.3 is 14.3 Å². The summed E-state index contributed by atoms with van der Waals surface area (Å²) in [5.41, 5.74) is 1.15. The van der Waals surface area contributed by atoms with Gasteiger partial charge in [0.2, 0.25) is 0 Å². The van der Waals surface area contributed by atoms with Crippen molar-refractivity contribution in [1.29, 1.82) is 0 Å². The van der Waals surface area contributed by atoms with Crippen molar-refractivity contribution < 1.29 is 14.3 Å². The van der Waals surface area contributed by atoms with Crippen LogP contribution in [0.4, 0.5) is 0 Å². The first kappa shape index (κ1) is 26.1. The molecule has 0 heterocycles. The second kappa shape index (κ2) is 12.8. The molecule has 1 atom stereocenters. The summed E-state index contributed by atoms with van der Waals surface area (Å²) >= 11 is 0. The minimum absolute atomic E-state index is 0.0176. The Morgan fingerprint density at radius 2 is 1.35 bits per heavy atom. The van der Waals surface area contributed by atoms with E-state index in [9.17, 15) is 5.11 Å². The Balaban J connectivity index is 1.74. The van der Waals surface area contributed by atoms with Gasteiger partial charge in [-0.3, -0.25) is 0 Å². The molecule has 0 saturated carbocycles. The molecule has 0 aliphatic carbocycles. The highest BCUT2D eigenvalue weighted by Gasteiger charge is 2.49. The van der Waals surface area contributed by atoms with Crippen LogP contribution in [-0.2, 0) is 15.8 Å². The highest BCUT2D eigenvalue weighted by atomic mass is 28.4. The molecule has 0 amide bonds. The fourth-order valence-electron chi connectivity index (χ4n) is 4.50. The minimum atomic E-state index is -2.52. The standard InChI is InChI=1S/C30H38O3Si/c1-30(2,3)34(28-19-9-5-10-20-28,29-21-11-6-12-22-29)33-24-14-18-27(17-13-23-31)32-25-26-15-7-4-8-16-26/h4-13,15-17,19-22,27,31H,14,18,23-25H2,1-3H3/b17-13+/t27-/m1/s1. The molecule has 0 bridgehead atoms. The summed E-state index contributed by atoms with van der Waals surface area (Å²) in [5, 5.41) is 11.8. The van der Waals surface area contributed by atoms with Crippen LogP contribution in [0.25, 0.3) is 0 Å². The summed E-state index contributed by atoms with van der Waals surface area (Å²) in [4.78, 5) is 0. The Bertz CT molecular complexity index is 942. The fourth-order valence-corrected chi connectivity index (χ4v) is 9.10. The third-order valence-corrected chi connectivity index (χ3v) is 11.2. The van der Waals surface area contributed by atoms with Crippen LogP contribution in [-0.4, -0.2) is 32.7 Å². The SMILES string of the molecule is CC(C)(C)[Si](OCCC[C@@H](/C=C/CO)OCc1ccccc1)(c1ccccc1)c1ccccc1. The van der Waals surface area contributed by atoms with E-state index in [2.05, 4.69) is 93.6 Å². The van der Waals surface area contributed by atoms with Crippen LogP contribution in [0, 0.1) is 0 Å². The monoisotopic (exact) mass is 474 g/mol. The van der Waals surface area contributed by atoms with Crippen molar-refractivity contribution >= 4 is 18.7 Å². The molecule has 0 aliphatic rings. The number of hydrogen-bond acceptors (Lipinski definition) is 3. The molecule has 3 aromatic carbocycles. The molecular weight excluding hydrogens is 436 g/mol. The van der Waals surface area contributed by atoms with E-state index in [-0.39, 0.29) is 17.7 Å². The molecule has 180 valence electrons. The molecular formula is C30H38O3Si. The van der Waals surface area contributed by atoms with Crippen molar-refractivity contribution in [2.75, 3.05) is 13.2 Å². The van der Waals surface area contributed by atoms with Crippen LogP contribution in [0.5, 0.6) is 0 Å². The zero-order valence-electron chi connectivity index (χ0n) is 20.7. The van der Waals surface area contributed by atoms with Gasteiger partial charge in [0.25, 0.3) is 8.32 Å². The maximum absolute atomic E-state index is 9.26. The topological polar surface area (TPSA) is 38.7 Å². The Kier molecular flexibility index (Phi) is 9.84. The van der Waals surface area contributed by atoms with Crippen LogP contribution < -0.4 is 10.4 Å². The Labute approximate surface area is 206 Å². The largest absolute Gasteiger partial charge is 0.407 e. The van der Waals surface area contributed by atoms with Gasteiger partial charge in [0.05, 0.1) is 19.3 Å². The van der Waals surface area contributed by atoms with Gasteiger partial charge in [0, 0.05) is 6.61 Å². The van der Waals surface area contributed by atoms with Crippen molar-refractivity contribution in [3.05, 3.63) is 109 Å². The molecule has 0 unspecified atom stereocenters. The Morgan fingerprint density at radius 1 is 0.824 bits per heavy atom. The summed E-state index contributed by atoms with van der Waals surface area (Å²) in [6.07, 6.45) is 5.38. The molecule has 34 heavy (non-hydrogen) atoms. The molecule has 0 radical (unpaired) electrons. The maximum atomic E-state index is 9.26. The number of rotatable bonds is 12. The van der Waals surface area contributed by atoms with E-state index in [1.807, 2.05) is 24.3 Å². The average Bonchev–Trinajstić information content (AvgIpc) is 2.86. The average molecular weight is 475 g/mol. The van der Waals surface area contributed by atoms with Crippen molar-refractivity contribution in [2.24, 2.45) is 0 Å². The van der Waals surface area contributed by atoms with Gasteiger partial charge in [-0.2, -0.15) is 0 Å². The van der Waals surface area contributed by atoms with Crippen LogP contribution in [0.3, 0.4) is 0 Å². The Hall–Kier alpha value is -2.50. The molecule has 0 spiro atoms. The number of benzene rings is 3. The summed E-state index contributed by atoms with van der Waals surface area (Å²) in [5.74, 6) is 0. The molecule has 1 N–H and O–H groups in total. The first-order chi connectivity index (χ1) is 16.5. The molecule has 0 saturated heterocycles. The van der Waals surface area contributed by atoms with Gasteiger partial charge in [-0.15, -0.1) is 0 Å². The van der Waals surface area contributed by atoms with E-state index >= 15 is 0 Å². The second-order valence-electron chi connectivity index (χ2n) is 9.60. The highest BCUT2D eigenvalue weighted by Crippen LogP contribution is 2.36. The van der Waals surface area contributed by atoms with Crippen molar-refractivity contribution in [2.45, 2.75) is 51.4 Å². The highest BCUT2D eigenvalue weighted by molar-refractivity contribution is 6.99. The number of hydrogen-bond donors (Lipinski definition) is 1. The molecule has 4 heteroatoms. The molecule has 0 aliphatic heterocycles. The fraction of sp³-hybridized carbons (Fsp3) is 0.333. The van der Waals surface area contributed by atoms with E-state index in [4.69, 9.17) is 9.16 Å². The first-order valence-corrected chi connectivity index (χ1v) is 14.1. The molecule has 3 rings (SSSR count). The zero-order valence-corrected chi connectivity index (χ0v) is 21.7. The van der Waals surface area contributed by atoms with Crippen LogP contribution in [0.2, 0.25) is 5.04 Å². The van der Waals surface area contributed by atoms with Crippen LogP contribution in [0.15, 0.2) is 103 Å². The smallest absolute Gasteiger partial charge is 0.261 e. The molecule has 3 aromatic rings. The Morgan fingerprint density at radius 3 is 1.85 bits per heavy atom. The molecule has 0 fully saturated rings. The van der Waals surface area contributed by atoms with Crippen molar-refractivity contribution in [1.82, 2.24) is 0 Å². The lowest BCUT2D eigenvalue weighted by molar-refractivity contribution is 0.0617. The van der Waals surface area contributed by atoms with Gasteiger partial charge in [0.1, 0.15) is 0 Å². The predicted octanol–water partition coefficient (Wildman–Crippen LogP) is 5.48. The van der Waals surface area contributed by atoms with E-state index in [0.717, 1.165) is 18.4 Å². The number of aliphatic hydroxyl groups is 1. The van der Waals surface area contributed by atoms with E-state index in [1.165, 1.54) is 10.4 Å². The second-order valence-corrected chi connectivity index (χ2v) is 13.9. The van der Waals surface area contributed by atoms with Crippen molar-refractivity contribution in [3.8, 4) is 0 Å². The predicted molar refractivity (Wildman–Crippen MR) is 144 cm³/mol. The summed E-state index contributed by atoms with van der Waals surface area (Å²) in [6.45, 7) is 8.13. The minimum Gasteiger partial charge on any atom is -0.407 e. The van der Waals surface area contributed by atoms with Gasteiger partial charge in [-0.05, 0) is 33.8 Å². The van der Waals surface area contributed by atoms with E-state index in [0.29, 0.717) is 13.2 Å². The zero-order chi connectivity index (χ0) is 24.3. The summed E-state index contributed by atoms with van der Waals surface area (Å²) in [7, 11) is -2.52.